The summed E-state index contributed by atoms with van der Waals surface area (Å²) in [5.41, 5.74) is 1.89. The maximum absolute atomic E-state index is 9.56. The maximum Gasteiger partial charge on any atom is 0.103 e. The molecule has 2 rings (SSSR count). The van der Waals surface area contributed by atoms with Gasteiger partial charge < -0.3 is 10.2 Å². The highest BCUT2D eigenvalue weighted by Crippen LogP contribution is 2.30. The van der Waals surface area contributed by atoms with Crippen molar-refractivity contribution in [3.8, 4) is 6.07 Å². The van der Waals surface area contributed by atoms with Crippen molar-refractivity contribution in [2.24, 2.45) is 0 Å². The lowest BCUT2D eigenvalue weighted by Crippen LogP contribution is -2.46. The standard InChI is InChI=1S/C17H25N3S/c1-13(2)20(12-14-7-4-5-10-19-14)16-8-6-9-17(21-3)15(16)11-18/h6,8-9,13-14,19H,4-5,7,10,12H2,1-3H3. The van der Waals surface area contributed by atoms with Gasteiger partial charge in [-0.15, -0.1) is 11.8 Å². The number of thioether (sulfide) groups is 1. The summed E-state index contributed by atoms with van der Waals surface area (Å²) < 4.78 is 0. The first-order valence-corrected chi connectivity index (χ1v) is 8.97. The first-order chi connectivity index (χ1) is 10.2. The Morgan fingerprint density at radius 1 is 1.43 bits per heavy atom. The molecule has 0 saturated carbocycles. The summed E-state index contributed by atoms with van der Waals surface area (Å²) in [4.78, 5) is 3.44. The lowest BCUT2D eigenvalue weighted by Gasteiger charge is -2.35. The molecule has 1 N–H and O–H groups in total. The molecule has 0 aromatic heterocycles. The van der Waals surface area contributed by atoms with Crippen molar-refractivity contribution in [2.45, 2.75) is 50.1 Å². The number of nitrogens with one attached hydrogen (secondary N) is 1. The minimum Gasteiger partial charge on any atom is -0.366 e. The van der Waals surface area contributed by atoms with E-state index in [1.165, 1.54) is 19.3 Å². The van der Waals surface area contributed by atoms with E-state index in [4.69, 9.17) is 0 Å². The Kier molecular flexibility index (Phi) is 5.96. The SMILES string of the molecule is CSc1cccc(N(CC2CCCCN2)C(C)C)c1C#N. The molecule has 3 nitrogen and oxygen atoms in total. The summed E-state index contributed by atoms with van der Waals surface area (Å²) in [5, 5.41) is 13.2. The van der Waals surface area contributed by atoms with Crippen molar-refractivity contribution in [1.82, 2.24) is 5.32 Å². The smallest absolute Gasteiger partial charge is 0.103 e. The predicted octanol–water partition coefficient (Wildman–Crippen LogP) is 3.64. The first-order valence-electron chi connectivity index (χ1n) is 7.74. The molecule has 1 aliphatic heterocycles. The largest absolute Gasteiger partial charge is 0.366 e. The number of nitrogens with zero attached hydrogens (tertiary/aromatic N) is 2. The summed E-state index contributed by atoms with van der Waals surface area (Å²) in [6, 6.07) is 9.50. The third-order valence-corrected chi connectivity index (χ3v) is 4.88. The van der Waals surface area contributed by atoms with Crippen LogP contribution in [-0.2, 0) is 0 Å². The van der Waals surface area contributed by atoms with Crippen LogP contribution >= 0.6 is 11.8 Å². The van der Waals surface area contributed by atoms with Gasteiger partial charge in [0.05, 0.1) is 11.3 Å². The van der Waals surface area contributed by atoms with Crippen LogP contribution in [0.5, 0.6) is 0 Å². The minimum absolute atomic E-state index is 0.387. The number of piperidine rings is 1. The fraction of sp³-hybridized carbons (Fsp3) is 0.588. The molecule has 21 heavy (non-hydrogen) atoms. The Bertz CT molecular complexity index is 501. The second kappa shape index (κ2) is 7.72. The fourth-order valence-electron chi connectivity index (χ4n) is 2.95. The van der Waals surface area contributed by atoms with E-state index in [9.17, 15) is 5.26 Å². The number of anilines is 1. The van der Waals surface area contributed by atoms with Crippen molar-refractivity contribution in [1.29, 1.82) is 5.26 Å². The van der Waals surface area contributed by atoms with Gasteiger partial charge in [-0.1, -0.05) is 12.5 Å². The Labute approximate surface area is 132 Å². The van der Waals surface area contributed by atoms with E-state index in [2.05, 4.69) is 42.3 Å². The predicted molar refractivity (Wildman–Crippen MR) is 91.1 cm³/mol. The van der Waals surface area contributed by atoms with Crippen LogP contribution in [0.25, 0.3) is 0 Å². The number of hydrogen-bond donors (Lipinski definition) is 1. The normalized spacial score (nSPS) is 18.5. The van der Waals surface area contributed by atoms with Gasteiger partial charge in [-0.05, 0) is 51.6 Å². The molecule has 0 radical (unpaired) electrons. The highest BCUT2D eigenvalue weighted by molar-refractivity contribution is 7.98. The summed E-state index contributed by atoms with van der Waals surface area (Å²) in [6.45, 7) is 6.50. The van der Waals surface area contributed by atoms with E-state index in [-0.39, 0.29) is 0 Å². The Hall–Kier alpha value is -1.18. The molecule has 4 heteroatoms. The zero-order valence-electron chi connectivity index (χ0n) is 13.2. The molecule has 1 aromatic carbocycles. The van der Waals surface area contributed by atoms with Gasteiger partial charge in [-0.2, -0.15) is 5.26 Å². The molecule has 114 valence electrons. The van der Waals surface area contributed by atoms with E-state index in [0.717, 1.165) is 29.2 Å². The molecular formula is C17H25N3S. The van der Waals surface area contributed by atoms with Crippen molar-refractivity contribution >= 4 is 17.4 Å². The molecule has 1 unspecified atom stereocenters. The lowest BCUT2D eigenvalue weighted by molar-refractivity contribution is 0.393. The Morgan fingerprint density at radius 3 is 2.81 bits per heavy atom. The number of benzene rings is 1. The van der Waals surface area contributed by atoms with E-state index in [1.54, 1.807) is 11.8 Å². The van der Waals surface area contributed by atoms with Crippen LogP contribution in [0, 0.1) is 11.3 Å². The topological polar surface area (TPSA) is 39.1 Å². The second-order valence-corrected chi connectivity index (χ2v) is 6.71. The minimum atomic E-state index is 0.387. The van der Waals surface area contributed by atoms with Crippen LogP contribution in [0.4, 0.5) is 5.69 Å². The van der Waals surface area contributed by atoms with E-state index in [1.807, 2.05) is 12.3 Å². The van der Waals surface area contributed by atoms with E-state index in [0.29, 0.717) is 12.1 Å². The highest BCUT2D eigenvalue weighted by Gasteiger charge is 2.21. The Morgan fingerprint density at radius 2 is 2.24 bits per heavy atom. The van der Waals surface area contributed by atoms with Gasteiger partial charge in [0.1, 0.15) is 6.07 Å². The summed E-state index contributed by atoms with van der Waals surface area (Å²) in [7, 11) is 0. The van der Waals surface area contributed by atoms with Gasteiger partial charge >= 0.3 is 0 Å². The van der Waals surface area contributed by atoms with Crippen LogP contribution in [0.15, 0.2) is 23.1 Å². The molecule has 0 aliphatic carbocycles. The number of nitriles is 1. The monoisotopic (exact) mass is 303 g/mol. The molecule has 1 aromatic rings. The average molecular weight is 303 g/mol. The van der Waals surface area contributed by atoms with Crippen molar-refractivity contribution < 1.29 is 0 Å². The van der Waals surface area contributed by atoms with Gasteiger partial charge in [-0.25, -0.2) is 0 Å². The second-order valence-electron chi connectivity index (χ2n) is 5.86. The number of rotatable bonds is 5. The fourth-order valence-corrected chi connectivity index (χ4v) is 3.51. The average Bonchev–Trinajstić information content (AvgIpc) is 2.52. The molecule has 1 saturated heterocycles. The molecule has 0 amide bonds. The highest BCUT2D eigenvalue weighted by atomic mass is 32.2. The molecule has 1 fully saturated rings. The molecule has 1 heterocycles. The van der Waals surface area contributed by atoms with Gasteiger partial charge in [0.2, 0.25) is 0 Å². The lowest BCUT2D eigenvalue weighted by atomic mass is 10.0. The van der Waals surface area contributed by atoms with Crippen LogP contribution in [0.3, 0.4) is 0 Å². The maximum atomic E-state index is 9.56. The zero-order valence-corrected chi connectivity index (χ0v) is 14.0. The van der Waals surface area contributed by atoms with Gasteiger partial charge in [-0.3, -0.25) is 0 Å². The zero-order chi connectivity index (χ0) is 15.2. The van der Waals surface area contributed by atoms with Gasteiger partial charge in [0.25, 0.3) is 0 Å². The van der Waals surface area contributed by atoms with Crippen LogP contribution in [0.1, 0.15) is 38.7 Å². The summed E-state index contributed by atoms with van der Waals surface area (Å²) in [6.07, 6.45) is 5.85. The molecular weight excluding hydrogens is 278 g/mol. The quantitative estimate of drug-likeness (QED) is 0.843. The third kappa shape index (κ3) is 3.93. The van der Waals surface area contributed by atoms with Gasteiger partial charge in [0, 0.05) is 23.5 Å². The molecule has 0 spiro atoms. The summed E-state index contributed by atoms with van der Waals surface area (Å²) >= 11 is 1.64. The summed E-state index contributed by atoms with van der Waals surface area (Å²) in [5.74, 6) is 0. The first kappa shape index (κ1) is 16.2. The molecule has 0 bridgehead atoms. The molecule has 1 aliphatic rings. The van der Waals surface area contributed by atoms with Crippen LogP contribution in [-0.4, -0.2) is 31.4 Å². The van der Waals surface area contributed by atoms with Crippen molar-refractivity contribution in [2.75, 3.05) is 24.2 Å². The van der Waals surface area contributed by atoms with Crippen LogP contribution in [0.2, 0.25) is 0 Å². The van der Waals surface area contributed by atoms with Crippen LogP contribution < -0.4 is 10.2 Å². The van der Waals surface area contributed by atoms with E-state index < -0.39 is 0 Å². The molecule has 1 atom stereocenters. The van der Waals surface area contributed by atoms with E-state index >= 15 is 0 Å². The number of hydrogen-bond acceptors (Lipinski definition) is 4. The van der Waals surface area contributed by atoms with Crippen molar-refractivity contribution in [3.05, 3.63) is 23.8 Å². The third-order valence-electron chi connectivity index (χ3n) is 4.10. The Balaban J connectivity index is 2.27. The van der Waals surface area contributed by atoms with Crippen molar-refractivity contribution in [3.63, 3.8) is 0 Å². The van der Waals surface area contributed by atoms with Gasteiger partial charge in [0.15, 0.2) is 0 Å².